The zero-order chi connectivity index (χ0) is 13.3. The maximum absolute atomic E-state index is 5.34. The number of methoxy groups -OCH3 is 1. The first-order chi connectivity index (χ1) is 8.41. The minimum absolute atomic E-state index is 0.243. The van der Waals surface area contributed by atoms with Gasteiger partial charge in [0.1, 0.15) is 5.75 Å². The van der Waals surface area contributed by atoms with Gasteiger partial charge < -0.3 is 15.4 Å². The molecule has 1 aliphatic heterocycles. The highest BCUT2D eigenvalue weighted by atomic mass is 16.5. The summed E-state index contributed by atoms with van der Waals surface area (Å²) in [5.74, 6) is 0.961. The quantitative estimate of drug-likeness (QED) is 0.863. The van der Waals surface area contributed by atoms with E-state index in [0.717, 1.165) is 18.7 Å². The van der Waals surface area contributed by atoms with Gasteiger partial charge in [-0.15, -0.1) is 0 Å². The Morgan fingerprint density at radius 2 is 2.00 bits per heavy atom. The van der Waals surface area contributed by atoms with Gasteiger partial charge in [-0.05, 0) is 57.4 Å². The Morgan fingerprint density at radius 1 is 1.28 bits per heavy atom. The molecule has 1 aliphatic rings. The van der Waals surface area contributed by atoms with E-state index < -0.39 is 0 Å². The molecule has 1 fully saturated rings. The van der Waals surface area contributed by atoms with Gasteiger partial charge in [-0.2, -0.15) is 0 Å². The fourth-order valence-electron chi connectivity index (χ4n) is 2.65. The molecule has 18 heavy (non-hydrogen) atoms. The van der Waals surface area contributed by atoms with Crippen molar-refractivity contribution in [3.63, 3.8) is 0 Å². The van der Waals surface area contributed by atoms with Gasteiger partial charge in [0.05, 0.1) is 7.11 Å². The van der Waals surface area contributed by atoms with E-state index in [1.54, 1.807) is 7.11 Å². The Morgan fingerprint density at radius 3 is 2.56 bits per heavy atom. The van der Waals surface area contributed by atoms with E-state index in [4.69, 9.17) is 4.74 Å². The second-order valence-electron chi connectivity index (χ2n) is 5.95. The number of hydrogen-bond donors (Lipinski definition) is 2. The summed E-state index contributed by atoms with van der Waals surface area (Å²) in [6.45, 7) is 9.73. The van der Waals surface area contributed by atoms with Crippen molar-refractivity contribution in [2.45, 2.75) is 45.7 Å². The van der Waals surface area contributed by atoms with E-state index in [0.29, 0.717) is 6.04 Å². The number of rotatable bonds is 3. The molecule has 0 radical (unpaired) electrons. The van der Waals surface area contributed by atoms with E-state index in [2.05, 4.69) is 50.5 Å². The minimum atomic E-state index is 0.243. The van der Waals surface area contributed by atoms with Crippen LogP contribution in [0.4, 0.5) is 5.69 Å². The Bertz CT molecular complexity index is 440. The zero-order valence-corrected chi connectivity index (χ0v) is 12.1. The van der Waals surface area contributed by atoms with Crippen molar-refractivity contribution >= 4 is 5.69 Å². The highest BCUT2D eigenvalue weighted by Crippen LogP contribution is 2.28. The summed E-state index contributed by atoms with van der Waals surface area (Å²) in [4.78, 5) is 0. The molecule has 3 heteroatoms. The molecule has 0 amide bonds. The van der Waals surface area contributed by atoms with Crippen LogP contribution in [0, 0.1) is 13.8 Å². The first kappa shape index (κ1) is 13.2. The van der Waals surface area contributed by atoms with Gasteiger partial charge in [-0.3, -0.25) is 0 Å². The summed E-state index contributed by atoms with van der Waals surface area (Å²) >= 11 is 0. The van der Waals surface area contributed by atoms with Gasteiger partial charge in [0.2, 0.25) is 0 Å². The van der Waals surface area contributed by atoms with Crippen molar-refractivity contribution in [3.05, 3.63) is 23.3 Å². The van der Waals surface area contributed by atoms with E-state index in [1.165, 1.54) is 16.8 Å². The molecule has 1 aromatic carbocycles. The fraction of sp³-hybridized carbons (Fsp3) is 0.600. The number of hydrogen-bond acceptors (Lipinski definition) is 3. The summed E-state index contributed by atoms with van der Waals surface area (Å²) in [5, 5.41) is 7.17. The highest BCUT2D eigenvalue weighted by molar-refractivity contribution is 5.57. The lowest BCUT2D eigenvalue weighted by Crippen LogP contribution is -2.31. The topological polar surface area (TPSA) is 33.3 Å². The Kier molecular flexibility index (Phi) is 3.53. The Hall–Kier alpha value is -1.22. The minimum Gasteiger partial charge on any atom is -0.496 e. The van der Waals surface area contributed by atoms with Crippen molar-refractivity contribution in [1.29, 1.82) is 0 Å². The largest absolute Gasteiger partial charge is 0.496 e. The van der Waals surface area contributed by atoms with Crippen molar-refractivity contribution < 1.29 is 4.74 Å². The molecule has 0 spiro atoms. The summed E-state index contributed by atoms with van der Waals surface area (Å²) in [7, 11) is 1.72. The Labute approximate surface area is 110 Å². The fourth-order valence-corrected chi connectivity index (χ4v) is 2.65. The first-order valence-corrected chi connectivity index (χ1v) is 6.58. The second kappa shape index (κ2) is 4.81. The van der Waals surface area contributed by atoms with Crippen LogP contribution < -0.4 is 15.4 Å². The predicted molar refractivity (Wildman–Crippen MR) is 76.6 cm³/mol. The molecule has 2 N–H and O–H groups in total. The number of benzene rings is 1. The van der Waals surface area contributed by atoms with Crippen LogP contribution in [0.5, 0.6) is 5.75 Å². The molecular formula is C15H24N2O. The van der Waals surface area contributed by atoms with E-state index in [9.17, 15) is 0 Å². The number of ether oxygens (including phenoxy) is 1. The number of nitrogens with one attached hydrogen (secondary N) is 2. The highest BCUT2D eigenvalue weighted by Gasteiger charge is 2.30. The molecule has 3 nitrogen and oxygen atoms in total. The molecule has 2 rings (SSSR count). The molecule has 1 heterocycles. The van der Waals surface area contributed by atoms with Crippen molar-refractivity contribution in [3.8, 4) is 5.75 Å². The van der Waals surface area contributed by atoms with Gasteiger partial charge in [-0.25, -0.2) is 0 Å². The molecule has 1 unspecified atom stereocenters. The number of anilines is 1. The Balaban J connectivity index is 2.13. The molecule has 100 valence electrons. The second-order valence-corrected chi connectivity index (χ2v) is 5.95. The zero-order valence-electron chi connectivity index (χ0n) is 12.1. The van der Waals surface area contributed by atoms with Gasteiger partial charge in [0.25, 0.3) is 0 Å². The molecule has 0 aliphatic carbocycles. The normalized spacial score (nSPS) is 21.9. The molecule has 1 atom stereocenters. The van der Waals surface area contributed by atoms with Crippen molar-refractivity contribution in [2.75, 3.05) is 19.0 Å². The molecule has 1 saturated heterocycles. The monoisotopic (exact) mass is 248 g/mol. The summed E-state index contributed by atoms with van der Waals surface area (Å²) < 4.78 is 5.34. The maximum atomic E-state index is 5.34. The molecule has 0 bridgehead atoms. The van der Waals surface area contributed by atoms with Gasteiger partial charge in [-0.1, -0.05) is 0 Å². The van der Waals surface area contributed by atoms with E-state index in [-0.39, 0.29) is 5.54 Å². The van der Waals surface area contributed by atoms with Crippen LogP contribution in [0.2, 0.25) is 0 Å². The standard InChI is InChI=1S/C15H24N2O/c1-10-7-14(18-5)11(2)6-13(10)17-12-8-15(3,4)16-9-12/h6-7,12,16-17H,8-9H2,1-5H3. The van der Waals surface area contributed by atoms with Crippen LogP contribution in [-0.4, -0.2) is 25.2 Å². The smallest absolute Gasteiger partial charge is 0.122 e. The molecule has 1 aromatic rings. The van der Waals surface area contributed by atoms with Crippen LogP contribution in [-0.2, 0) is 0 Å². The number of aryl methyl sites for hydroxylation is 2. The van der Waals surface area contributed by atoms with Gasteiger partial charge >= 0.3 is 0 Å². The lowest BCUT2D eigenvalue weighted by molar-refractivity contribution is 0.411. The maximum Gasteiger partial charge on any atom is 0.122 e. The van der Waals surface area contributed by atoms with E-state index in [1.807, 2.05) is 0 Å². The van der Waals surface area contributed by atoms with Crippen LogP contribution in [0.1, 0.15) is 31.4 Å². The van der Waals surface area contributed by atoms with Gasteiger partial charge in [0.15, 0.2) is 0 Å². The third-order valence-corrected chi connectivity index (χ3v) is 3.69. The summed E-state index contributed by atoms with van der Waals surface area (Å²) in [6, 6.07) is 4.79. The van der Waals surface area contributed by atoms with Crippen LogP contribution in [0.3, 0.4) is 0 Å². The SMILES string of the molecule is COc1cc(C)c(NC2CNC(C)(C)C2)cc1C. The third kappa shape index (κ3) is 2.78. The summed E-state index contributed by atoms with van der Waals surface area (Å²) in [6.07, 6.45) is 1.15. The molecular weight excluding hydrogens is 224 g/mol. The molecule has 0 saturated carbocycles. The lowest BCUT2D eigenvalue weighted by atomic mass is 10.0. The van der Waals surface area contributed by atoms with Crippen LogP contribution in [0.15, 0.2) is 12.1 Å². The lowest BCUT2D eigenvalue weighted by Gasteiger charge is -2.19. The molecule has 0 aromatic heterocycles. The average Bonchev–Trinajstić information content (AvgIpc) is 2.63. The van der Waals surface area contributed by atoms with Gasteiger partial charge in [0, 0.05) is 23.8 Å². The third-order valence-electron chi connectivity index (χ3n) is 3.69. The predicted octanol–water partition coefficient (Wildman–Crippen LogP) is 2.86. The van der Waals surface area contributed by atoms with Crippen LogP contribution in [0.25, 0.3) is 0 Å². The van der Waals surface area contributed by atoms with Crippen molar-refractivity contribution in [2.24, 2.45) is 0 Å². The van der Waals surface area contributed by atoms with E-state index >= 15 is 0 Å². The van der Waals surface area contributed by atoms with Crippen molar-refractivity contribution in [1.82, 2.24) is 5.32 Å². The average molecular weight is 248 g/mol. The summed E-state index contributed by atoms with van der Waals surface area (Å²) in [5.41, 5.74) is 3.88. The van der Waals surface area contributed by atoms with Crippen LogP contribution >= 0.6 is 0 Å². The first-order valence-electron chi connectivity index (χ1n) is 6.58.